The van der Waals surface area contributed by atoms with Gasteiger partial charge >= 0.3 is 0 Å². The highest BCUT2D eigenvalue weighted by Gasteiger charge is 2.14. The maximum atomic E-state index is 12.4. The number of carbonyl (C=O) groups excluding carboxylic acids is 1. The number of benzene rings is 1. The summed E-state index contributed by atoms with van der Waals surface area (Å²) in [5.74, 6) is 1.88. The SMILES string of the molecule is COc1cc(C)ccc1Oc1ccc(NC(=O)c2csc(-c3ccco3)n2)cn1. The molecular formula is C21H17N3O4S. The molecule has 4 rings (SSSR count). The van der Waals surface area contributed by atoms with Crippen LogP contribution in [0.5, 0.6) is 17.4 Å². The molecule has 0 fully saturated rings. The van der Waals surface area contributed by atoms with Gasteiger partial charge in [0.2, 0.25) is 5.88 Å². The second-order valence-electron chi connectivity index (χ2n) is 6.11. The molecule has 29 heavy (non-hydrogen) atoms. The van der Waals surface area contributed by atoms with Crippen LogP contribution in [0, 0.1) is 6.92 Å². The van der Waals surface area contributed by atoms with Crippen molar-refractivity contribution in [2.24, 2.45) is 0 Å². The molecule has 4 aromatic rings. The van der Waals surface area contributed by atoms with E-state index >= 15 is 0 Å². The van der Waals surface area contributed by atoms with E-state index in [0.29, 0.717) is 39.5 Å². The lowest BCUT2D eigenvalue weighted by molar-refractivity contribution is 0.102. The first kappa shape index (κ1) is 18.7. The molecule has 3 aromatic heterocycles. The zero-order valence-electron chi connectivity index (χ0n) is 15.7. The number of pyridine rings is 1. The average molecular weight is 407 g/mol. The van der Waals surface area contributed by atoms with Gasteiger partial charge in [-0.3, -0.25) is 4.79 Å². The summed E-state index contributed by atoms with van der Waals surface area (Å²) in [5.41, 5.74) is 1.91. The van der Waals surface area contributed by atoms with Crippen molar-refractivity contribution in [3.05, 3.63) is 71.6 Å². The standard InChI is InChI=1S/C21H17N3O4S/c1-13-5-7-16(18(10-13)26-2)28-19-8-6-14(11-22-19)23-20(25)15-12-29-21(24-15)17-4-3-9-27-17/h3-12H,1-2H3,(H,23,25). The lowest BCUT2D eigenvalue weighted by Gasteiger charge is -2.10. The molecule has 0 radical (unpaired) electrons. The van der Waals surface area contributed by atoms with E-state index in [-0.39, 0.29) is 5.91 Å². The Hall–Kier alpha value is -3.65. The van der Waals surface area contributed by atoms with E-state index in [9.17, 15) is 4.79 Å². The summed E-state index contributed by atoms with van der Waals surface area (Å²) in [6.45, 7) is 1.97. The Balaban J connectivity index is 1.42. The largest absolute Gasteiger partial charge is 0.493 e. The number of nitrogens with zero attached hydrogens (tertiary/aromatic N) is 2. The number of anilines is 1. The number of aryl methyl sites for hydroxylation is 1. The van der Waals surface area contributed by atoms with Crippen LogP contribution < -0.4 is 14.8 Å². The molecule has 1 aromatic carbocycles. The molecule has 3 heterocycles. The van der Waals surface area contributed by atoms with Gasteiger partial charge in [-0.1, -0.05) is 6.07 Å². The summed E-state index contributed by atoms with van der Waals surface area (Å²) < 4.78 is 16.4. The highest BCUT2D eigenvalue weighted by molar-refractivity contribution is 7.13. The van der Waals surface area contributed by atoms with Gasteiger partial charge in [0.25, 0.3) is 5.91 Å². The van der Waals surface area contributed by atoms with Crippen molar-refractivity contribution in [3.8, 4) is 28.1 Å². The second kappa shape index (κ2) is 8.15. The smallest absolute Gasteiger partial charge is 0.275 e. The first-order chi connectivity index (χ1) is 14.1. The van der Waals surface area contributed by atoms with Gasteiger partial charge in [-0.25, -0.2) is 9.97 Å². The molecule has 1 N–H and O–H groups in total. The lowest BCUT2D eigenvalue weighted by atomic mass is 10.2. The molecule has 0 saturated heterocycles. The zero-order valence-corrected chi connectivity index (χ0v) is 16.5. The number of amides is 1. The van der Waals surface area contributed by atoms with Crippen LogP contribution in [-0.2, 0) is 0 Å². The Labute approximate surface area is 171 Å². The fourth-order valence-electron chi connectivity index (χ4n) is 2.57. The maximum absolute atomic E-state index is 12.4. The summed E-state index contributed by atoms with van der Waals surface area (Å²) in [5, 5.41) is 5.10. The molecule has 0 aliphatic rings. The maximum Gasteiger partial charge on any atom is 0.275 e. The van der Waals surface area contributed by atoms with Crippen LogP contribution in [0.2, 0.25) is 0 Å². The van der Waals surface area contributed by atoms with Gasteiger partial charge in [0.15, 0.2) is 22.3 Å². The third-order valence-electron chi connectivity index (χ3n) is 4.00. The minimum absolute atomic E-state index is 0.311. The normalized spacial score (nSPS) is 10.6. The highest BCUT2D eigenvalue weighted by atomic mass is 32.1. The lowest BCUT2D eigenvalue weighted by Crippen LogP contribution is -2.12. The number of furan rings is 1. The number of rotatable bonds is 6. The van der Waals surface area contributed by atoms with Gasteiger partial charge in [0, 0.05) is 11.4 Å². The molecule has 0 spiro atoms. The summed E-state index contributed by atoms with van der Waals surface area (Å²) in [7, 11) is 1.59. The Morgan fingerprint density at radius 2 is 2.07 bits per heavy atom. The first-order valence-electron chi connectivity index (χ1n) is 8.71. The van der Waals surface area contributed by atoms with E-state index in [2.05, 4.69) is 15.3 Å². The summed E-state index contributed by atoms with van der Waals surface area (Å²) >= 11 is 1.34. The molecule has 1 amide bonds. The minimum Gasteiger partial charge on any atom is -0.493 e. The van der Waals surface area contributed by atoms with Crippen molar-refractivity contribution in [2.75, 3.05) is 12.4 Å². The second-order valence-corrected chi connectivity index (χ2v) is 6.97. The number of ether oxygens (including phenoxy) is 2. The molecule has 7 nitrogen and oxygen atoms in total. The van der Waals surface area contributed by atoms with Gasteiger partial charge in [-0.15, -0.1) is 11.3 Å². The minimum atomic E-state index is -0.324. The number of thiazole rings is 1. The Kier molecular flexibility index (Phi) is 5.26. The molecule has 0 saturated carbocycles. The van der Waals surface area contributed by atoms with Crippen molar-refractivity contribution >= 4 is 22.9 Å². The topological polar surface area (TPSA) is 86.5 Å². The van der Waals surface area contributed by atoms with Gasteiger partial charge < -0.3 is 19.2 Å². The van der Waals surface area contributed by atoms with Crippen LogP contribution in [-0.4, -0.2) is 23.0 Å². The molecule has 0 aliphatic heterocycles. The van der Waals surface area contributed by atoms with Crippen molar-refractivity contribution in [2.45, 2.75) is 6.92 Å². The molecular weight excluding hydrogens is 390 g/mol. The average Bonchev–Trinajstić information content (AvgIpc) is 3.42. The van der Waals surface area contributed by atoms with E-state index in [0.717, 1.165) is 5.56 Å². The van der Waals surface area contributed by atoms with Crippen molar-refractivity contribution < 1.29 is 18.7 Å². The number of hydrogen-bond donors (Lipinski definition) is 1. The molecule has 146 valence electrons. The van der Waals surface area contributed by atoms with Gasteiger partial charge in [-0.05, 0) is 42.8 Å². The number of aromatic nitrogens is 2. The fourth-order valence-corrected chi connectivity index (χ4v) is 3.34. The molecule has 0 aliphatic carbocycles. The van der Waals surface area contributed by atoms with E-state index in [1.54, 1.807) is 43.0 Å². The Bertz CT molecular complexity index is 1120. The van der Waals surface area contributed by atoms with Crippen LogP contribution in [0.15, 0.2) is 64.7 Å². The molecule has 0 bridgehead atoms. The molecule has 0 unspecified atom stereocenters. The monoisotopic (exact) mass is 407 g/mol. The predicted molar refractivity (Wildman–Crippen MR) is 110 cm³/mol. The predicted octanol–water partition coefficient (Wildman–Crippen LogP) is 5.16. The molecule has 8 heteroatoms. The summed E-state index contributed by atoms with van der Waals surface area (Å²) in [6.07, 6.45) is 3.09. The third-order valence-corrected chi connectivity index (χ3v) is 4.85. The number of nitrogens with one attached hydrogen (secondary N) is 1. The van der Waals surface area contributed by atoms with Crippen molar-refractivity contribution in [1.29, 1.82) is 0 Å². The summed E-state index contributed by atoms with van der Waals surface area (Å²) in [4.78, 5) is 21.0. The van der Waals surface area contributed by atoms with Crippen LogP contribution in [0.4, 0.5) is 5.69 Å². The van der Waals surface area contributed by atoms with Gasteiger partial charge in [0.1, 0.15) is 5.69 Å². The Morgan fingerprint density at radius 1 is 1.17 bits per heavy atom. The molecule has 0 atom stereocenters. The van der Waals surface area contributed by atoms with Crippen LogP contribution >= 0.6 is 11.3 Å². The van der Waals surface area contributed by atoms with Crippen molar-refractivity contribution in [3.63, 3.8) is 0 Å². The van der Waals surface area contributed by atoms with Crippen molar-refractivity contribution in [1.82, 2.24) is 9.97 Å². The zero-order chi connectivity index (χ0) is 20.2. The highest BCUT2D eigenvalue weighted by Crippen LogP contribution is 2.31. The van der Waals surface area contributed by atoms with Crippen LogP contribution in [0.25, 0.3) is 10.8 Å². The van der Waals surface area contributed by atoms with E-state index in [1.807, 2.05) is 25.1 Å². The van der Waals surface area contributed by atoms with Crippen LogP contribution in [0.3, 0.4) is 0 Å². The van der Waals surface area contributed by atoms with E-state index in [1.165, 1.54) is 17.5 Å². The van der Waals surface area contributed by atoms with Gasteiger partial charge in [-0.2, -0.15) is 0 Å². The van der Waals surface area contributed by atoms with E-state index in [4.69, 9.17) is 13.9 Å². The Morgan fingerprint density at radius 3 is 2.79 bits per heavy atom. The number of methoxy groups -OCH3 is 1. The number of carbonyl (C=O) groups is 1. The first-order valence-corrected chi connectivity index (χ1v) is 9.59. The van der Waals surface area contributed by atoms with Crippen LogP contribution in [0.1, 0.15) is 16.1 Å². The third kappa shape index (κ3) is 4.27. The fraction of sp³-hybridized carbons (Fsp3) is 0.0952. The number of hydrogen-bond acceptors (Lipinski definition) is 7. The van der Waals surface area contributed by atoms with E-state index < -0.39 is 0 Å². The summed E-state index contributed by atoms with van der Waals surface area (Å²) in [6, 6.07) is 12.6. The van der Waals surface area contributed by atoms with Gasteiger partial charge in [0.05, 0.1) is 25.3 Å². The quantitative estimate of drug-likeness (QED) is 0.475.